The molecule has 2 rings (SSSR count). The number of nitrogens with zero attached hydrogens (tertiary/aromatic N) is 1. The van der Waals surface area contributed by atoms with Crippen LogP contribution >= 0.6 is 0 Å². The van der Waals surface area contributed by atoms with Gasteiger partial charge in [-0.1, -0.05) is 12.1 Å². The minimum absolute atomic E-state index is 0.0621. The van der Waals surface area contributed by atoms with Crippen molar-refractivity contribution in [2.24, 2.45) is 0 Å². The number of sulfone groups is 1. The van der Waals surface area contributed by atoms with Crippen LogP contribution < -0.4 is 5.32 Å². The van der Waals surface area contributed by atoms with Crippen molar-refractivity contribution in [3.05, 3.63) is 35.4 Å². The van der Waals surface area contributed by atoms with Crippen LogP contribution in [0.5, 0.6) is 0 Å². The first-order valence-corrected chi connectivity index (χ1v) is 10.1. The quantitative estimate of drug-likeness (QED) is 0.827. The molecule has 0 radical (unpaired) electrons. The zero-order chi connectivity index (χ0) is 17.8. The summed E-state index contributed by atoms with van der Waals surface area (Å²) in [7, 11) is -3.12. The summed E-state index contributed by atoms with van der Waals surface area (Å²) in [4.78, 5) is 14.7. The number of carbonyl (C=O) groups excluding carboxylic acids is 1. The van der Waals surface area contributed by atoms with E-state index < -0.39 is 9.84 Å². The number of hydrogen-bond donors (Lipinski definition) is 1. The van der Waals surface area contributed by atoms with Crippen molar-refractivity contribution in [1.29, 1.82) is 0 Å². The summed E-state index contributed by atoms with van der Waals surface area (Å²) in [5.74, 6) is -0.250. The lowest BCUT2D eigenvalue weighted by Crippen LogP contribution is -2.55. The topological polar surface area (TPSA) is 75.7 Å². The SMILES string of the molecule is CC(C)(CNC(=O)c1cccc(CS(C)(=O)=O)c1)N1CCOCC1. The Morgan fingerprint density at radius 2 is 1.96 bits per heavy atom. The van der Waals surface area contributed by atoms with Gasteiger partial charge >= 0.3 is 0 Å². The second-order valence-electron chi connectivity index (χ2n) is 6.86. The van der Waals surface area contributed by atoms with Gasteiger partial charge < -0.3 is 10.1 Å². The Hall–Kier alpha value is -1.44. The van der Waals surface area contributed by atoms with Crippen molar-refractivity contribution in [3.63, 3.8) is 0 Å². The molecule has 1 fully saturated rings. The first-order valence-electron chi connectivity index (χ1n) is 8.05. The van der Waals surface area contributed by atoms with E-state index in [1.54, 1.807) is 24.3 Å². The molecule has 134 valence electrons. The van der Waals surface area contributed by atoms with Gasteiger partial charge in [0.1, 0.15) is 0 Å². The third kappa shape index (κ3) is 5.58. The molecule has 1 aliphatic rings. The number of morpholine rings is 1. The van der Waals surface area contributed by atoms with E-state index in [-0.39, 0.29) is 17.2 Å². The van der Waals surface area contributed by atoms with Crippen LogP contribution in [0.25, 0.3) is 0 Å². The van der Waals surface area contributed by atoms with E-state index in [2.05, 4.69) is 24.1 Å². The minimum Gasteiger partial charge on any atom is -0.379 e. The third-order valence-electron chi connectivity index (χ3n) is 4.17. The molecule has 7 heteroatoms. The second-order valence-corrected chi connectivity index (χ2v) is 9.01. The number of amides is 1. The maximum absolute atomic E-state index is 12.4. The molecule has 1 heterocycles. The van der Waals surface area contributed by atoms with Gasteiger partial charge in [-0.2, -0.15) is 0 Å². The summed E-state index contributed by atoms with van der Waals surface area (Å²) in [6.45, 7) is 7.84. The largest absolute Gasteiger partial charge is 0.379 e. The van der Waals surface area contributed by atoms with Crippen LogP contribution in [0.3, 0.4) is 0 Å². The molecule has 24 heavy (non-hydrogen) atoms. The number of rotatable bonds is 6. The minimum atomic E-state index is -3.12. The van der Waals surface area contributed by atoms with E-state index in [1.165, 1.54) is 6.26 Å². The number of carbonyl (C=O) groups is 1. The summed E-state index contributed by atoms with van der Waals surface area (Å²) in [6, 6.07) is 6.76. The number of nitrogens with one attached hydrogen (secondary N) is 1. The van der Waals surface area contributed by atoms with Gasteiger partial charge in [0.2, 0.25) is 0 Å². The first-order chi connectivity index (χ1) is 11.2. The molecular weight excluding hydrogens is 328 g/mol. The van der Waals surface area contributed by atoms with Gasteiger partial charge in [0.25, 0.3) is 5.91 Å². The Bertz CT molecular complexity index is 680. The lowest BCUT2D eigenvalue weighted by Gasteiger charge is -2.40. The fraction of sp³-hybridized carbons (Fsp3) is 0.588. The van der Waals surface area contributed by atoms with Crippen LogP contribution in [0.1, 0.15) is 29.8 Å². The zero-order valence-electron chi connectivity index (χ0n) is 14.5. The normalized spacial score (nSPS) is 16.8. The summed E-state index contributed by atoms with van der Waals surface area (Å²) >= 11 is 0. The van der Waals surface area contributed by atoms with Crippen LogP contribution in [0.2, 0.25) is 0 Å². The molecule has 0 unspecified atom stereocenters. The highest BCUT2D eigenvalue weighted by Crippen LogP contribution is 2.15. The summed E-state index contributed by atoms with van der Waals surface area (Å²) in [6.07, 6.45) is 1.19. The van der Waals surface area contributed by atoms with E-state index >= 15 is 0 Å². The smallest absolute Gasteiger partial charge is 0.251 e. The summed E-state index contributed by atoms with van der Waals surface area (Å²) < 4.78 is 28.2. The maximum Gasteiger partial charge on any atom is 0.251 e. The Morgan fingerprint density at radius 3 is 2.58 bits per heavy atom. The molecule has 1 amide bonds. The molecule has 0 aliphatic carbocycles. The van der Waals surface area contributed by atoms with Crippen molar-refractivity contribution in [2.75, 3.05) is 39.1 Å². The van der Waals surface area contributed by atoms with Gasteiger partial charge in [0, 0.05) is 37.0 Å². The Labute approximate surface area is 144 Å². The van der Waals surface area contributed by atoms with Crippen LogP contribution in [0.15, 0.2) is 24.3 Å². The average molecular weight is 354 g/mol. The molecule has 0 bridgehead atoms. The lowest BCUT2D eigenvalue weighted by atomic mass is 10.0. The fourth-order valence-electron chi connectivity index (χ4n) is 2.78. The summed E-state index contributed by atoms with van der Waals surface area (Å²) in [5.41, 5.74) is 0.940. The summed E-state index contributed by atoms with van der Waals surface area (Å²) in [5, 5.41) is 2.96. The van der Waals surface area contributed by atoms with Crippen molar-refractivity contribution in [1.82, 2.24) is 10.2 Å². The van der Waals surface area contributed by atoms with Crippen molar-refractivity contribution in [2.45, 2.75) is 25.1 Å². The molecule has 1 aliphatic heterocycles. The maximum atomic E-state index is 12.4. The van der Waals surface area contributed by atoms with E-state index in [9.17, 15) is 13.2 Å². The monoisotopic (exact) mass is 354 g/mol. The van der Waals surface area contributed by atoms with Gasteiger partial charge in [-0.25, -0.2) is 8.42 Å². The van der Waals surface area contributed by atoms with Gasteiger partial charge in [-0.05, 0) is 31.5 Å². The molecule has 1 N–H and O–H groups in total. The van der Waals surface area contributed by atoms with E-state index in [0.717, 1.165) is 13.1 Å². The Kier molecular flexibility index (Phi) is 6.01. The van der Waals surface area contributed by atoms with E-state index in [0.29, 0.717) is 30.9 Å². The molecule has 0 spiro atoms. The highest BCUT2D eigenvalue weighted by atomic mass is 32.2. The van der Waals surface area contributed by atoms with Gasteiger partial charge in [-0.15, -0.1) is 0 Å². The highest BCUT2D eigenvalue weighted by molar-refractivity contribution is 7.89. The molecule has 0 aromatic heterocycles. The average Bonchev–Trinajstić information content (AvgIpc) is 2.52. The van der Waals surface area contributed by atoms with Crippen LogP contribution in [0.4, 0.5) is 0 Å². The zero-order valence-corrected chi connectivity index (χ0v) is 15.4. The predicted molar refractivity (Wildman–Crippen MR) is 93.8 cm³/mol. The van der Waals surface area contributed by atoms with Crippen molar-refractivity contribution >= 4 is 15.7 Å². The Balaban J connectivity index is 1.98. The third-order valence-corrected chi connectivity index (χ3v) is 5.02. The molecule has 1 saturated heterocycles. The fourth-order valence-corrected chi connectivity index (χ4v) is 3.57. The standard InChI is InChI=1S/C17H26N2O4S/c1-17(2,19-7-9-23-10-8-19)13-18-16(20)15-6-4-5-14(11-15)12-24(3,21)22/h4-6,11H,7-10,12-13H2,1-3H3,(H,18,20). The van der Waals surface area contributed by atoms with Crippen LogP contribution in [0, 0.1) is 0 Å². The Morgan fingerprint density at radius 1 is 1.29 bits per heavy atom. The molecule has 0 atom stereocenters. The molecule has 1 aromatic carbocycles. The predicted octanol–water partition coefficient (Wildman–Crippen LogP) is 1.07. The van der Waals surface area contributed by atoms with Crippen LogP contribution in [-0.4, -0.2) is 63.9 Å². The number of hydrogen-bond acceptors (Lipinski definition) is 5. The number of ether oxygens (including phenoxy) is 1. The molecule has 0 saturated carbocycles. The second kappa shape index (κ2) is 7.63. The molecule has 1 aromatic rings. The van der Waals surface area contributed by atoms with Crippen molar-refractivity contribution in [3.8, 4) is 0 Å². The highest BCUT2D eigenvalue weighted by Gasteiger charge is 2.28. The number of benzene rings is 1. The van der Waals surface area contributed by atoms with E-state index in [4.69, 9.17) is 4.74 Å². The van der Waals surface area contributed by atoms with Gasteiger partial charge in [-0.3, -0.25) is 9.69 Å². The van der Waals surface area contributed by atoms with Crippen LogP contribution in [-0.2, 0) is 20.3 Å². The molecule has 6 nitrogen and oxygen atoms in total. The van der Waals surface area contributed by atoms with Gasteiger partial charge in [0.05, 0.1) is 19.0 Å². The molecular formula is C17H26N2O4S. The van der Waals surface area contributed by atoms with Gasteiger partial charge in [0.15, 0.2) is 9.84 Å². The first kappa shape index (κ1) is 18.9. The van der Waals surface area contributed by atoms with Crippen molar-refractivity contribution < 1.29 is 17.9 Å². The lowest BCUT2D eigenvalue weighted by molar-refractivity contribution is -0.00923. The van der Waals surface area contributed by atoms with E-state index in [1.807, 2.05) is 0 Å².